The lowest BCUT2D eigenvalue weighted by atomic mass is 9.81. The molecule has 0 saturated heterocycles. The molecule has 19 heavy (non-hydrogen) atoms. The summed E-state index contributed by atoms with van der Waals surface area (Å²) >= 11 is 1.07. The molecule has 0 aromatic carbocycles. The van der Waals surface area contributed by atoms with Gasteiger partial charge < -0.3 is 9.67 Å². The Bertz CT molecular complexity index is 509. The second-order valence-electron chi connectivity index (χ2n) is 5.50. The van der Waals surface area contributed by atoms with Crippen LogP contribution in [-0.4, -0.2) is 26.4 Å². The zero-order chi connectivity index (χ0) is 14.6. The first kappa shape index (κ1) is 15.8. The van der Waals surface area contributed by atoms with Crippen molar-refractivity contribution in [3.05, 3.63) is 22.6 Å². The number of thioether (sulfide) groups is 1. The highest BCUT2D eigenvalue weighted by Gasteiger charge is 2.24. The number of rotatable bonds is 6. The van der Waals surface area contributed by atoms with Crippen molar-refractivity contribution < 1.29 is 9.90 Å². The van der Waals surface area contributed by atoms with Gasteiger partial charge in [-0.1, -0.05) is 39.5 Å². The molecule has 0 aliphatic heterocycles. The molecular formula is C13H20N2O3S. The molecule has 0 amide bonds. The SMILES string of the molecule is CC(C)C(C)(C)Cn1ccc(=O)nc1SCC(=O)O. The first-order chi connectivity index (χ1) is 8.72. The van der Waals surface area contributed by atoms with Crippen molar-refractivity contribution in [3.63, 3.8) is 0 Å². The van der Waals surface area contributed by atoms with Gasteiger partial charge in [0.1, 0.15) is 0 Å². The number of carboxylic acids is 1. The minimum Gasteiger partial charge on any atom is -0.481 e. The Morgan fingerprint density at radius 2 is 2.16 bits per heavy atom. The van der Waals surface area contributed by atoms with Crippen LogP contribution in [0.15, 0.2) is 22.2 Å². The number of aromatic nitrogens is 2. The van der Waals surface area contributed by atoms with E-state index in [1.54, 1.807) is 6.20 Å². The largest absolute Gasteiger partial charge is 0.481 e. The summed E-state index contributed by atoms with van der Waals surface area (Å²) in [5, 5.41) is 9.18. The summed E-state index contributed by atoms with van der Waals surface area (Å²) in [6.07, 6.45) is 1.68. The van der Waals surface area contributed by atoms with Gasteiger partial charge in [-0.05, 0) is 11.3 Å². The van der Waals surface area contributed by atoms with Crippen molar-refractivity contribution >= 4 is 17.7 Å². The lowest BCUT2D eigenvalue weighted by molar-refractivity contribution is -0.133. The summed E-state index contributed by atoms with van der Waals surface area (Å²) in [4.78, 5) is 25.8. The van der Waals surface area contributed by atoms with E-state index < -0.39 is 5.97 Å². The van der Waals surface area contributed by atoms with Crippen LogP contribution in [0.2, 0.25) is 0 Å². The summed E-state index contributed by atoms with van der Waals surface area (Å²) in [5.41, 5.74) is -0.304. The third-order valence-electron chi connectivity index (χ3n) is 3.31. The van der Waals surface area contributed by atoms with Gasteiger partial charge in [-0.15, -0.1) is 0 Å². The Morgan fingerprint density at radius 3 is 2.68 bits per heavy atom. The molecule has 5 nitrogen and oxygen atoms in total. The normalized spacial score (nSPS) is 11.8. The maximum atomic E-state index is 11.3. The Morgan fingerprint density at radius 1 is 1.53 bits per heavy atom. The van der Waals surface area contributed by atoms with Gasteiger partial charge in [-0.2, -0.15) is 4.98 Å². The topological polar surface area (TPSA) is 72.2 Å². The number of hydrogen-bond donors (Lipinski definition) is 1. The van der Waals surface area contributed by atoms with Crippen LogP contribution in [0.25, 0.3) is 0 Å². The van der Waals surface area contributed by atoms with Crippen LogP contribution in [0.1, 0.15) is 27.7 Å². The van der Waals surface area contributed by atoms with E-state index >= 15 is 0 Å². The van der Waals surface area contributed by atoms with Crippen molar-refractivity contribution in [2.45, 2.75) is 39.4 Å². The Balaban J connectivity index is 2.99. The van der Waals surface area contributed by atoms with Gasteiger partial charge in [0.25, 0.3) is 5.56 Å². The number of hydrogen-bond acceptors (Lipinski definition) is 4. The first-order valence-electron chi connectivity index (χ1n) is 6.14. The van der Waals surface area contributed by atoms with Crippen molar-refractivity contribution in [2.24, 2.45) is 11.3 Å². The quantitative estimate of drug-likeness (QED) is 0.640. The fraction of sp³-hybridized carbons (Fsp3) is 0.615. The minimum absolute atomic E-state index is 0.0370. The van der Waals surface area contributed by atoms with Crippen LogP contribution >= 0.6 is 11.8 Å². The third kappa shape index (κ3) is 4.70. The molecule has 0 unspecified atom stereocenters. The molecule has 0 aliphatic rings. The smallest absolute Gasteiger partial charge is 0.313 e. The number of carboxylic acid groups (broad SMARTS) is 1. The fourth-order valence-corrected chi connectivity index (χ4v) is 2.10. The molecule has 0 atom stereocenters. The summed E-state index contributed by atoms with van der Waals surface area (Å²) in [7, 11) is 0. The minimum atomic E-state index is -0.919. The van der Waals surface area contributed by atoms with E-state index in [0.717, 1.165) is 11.8 Å². The van der Waals surface area contributed by atoms with Gasteiger partial charge in [-0.3, -0.25) is 9.59 Å². The second-order valence-corrected chi connectivity index (χ2v) is 6.44. The van der Waals surface area contributed by atoms with Crippen LogP contribution in [0.5, 0.6) is 0 Å². The first-order valence-corrected chi connectivity index (χ1v) is 7.13. The lowest BCUT2D eigenvalue weighted by Crippen LogP contribution is -2.27. The van der Waals surface area contributed by atoms with Crippen molar-refractivity contribution in [1.29, 1.82) is 0 Å². The summed E-state index contributed by atoms with van der Waals surface area (Å²) in [6.45, 7) is 9.25. The highest BCUT2D eigenvalue weighted by molar-refractivity contribution is 7.99. The summed E-state index contributed by atoms with van der Waals surface area (Å²) in [5.74, 6) is -0.555. The maximum absolute atomic E-state index is 11.3. The van der Waals surface area contributed by atoms with Gasteiger partial charge in [-0.25, -0.2) is 0 Å². The highest BCUT2D eigenvalue weighted by Crippen LogP contribution is 2.29. The number of carbonyl (C=O) groups is 1. The lowest BCUT2D eigenvalue weighted by Gasteiger charge is -2.30. The summed E-state index contributed by atoms with van der Waals surface area (Å²) < 4.78 is 1.86. The molecule has 1 aromatic heterocycles. The van der Waals surface area contributed by atoms with Gasteiger partial charge in [0, 0.05) is 18.8 Å². The van der Waals surface area contributed by atoms with Crippen LogP contribution in [0.4, 0.5) is 0 Å². The van der Waals surface area contributed by atoms with Crippen LogP contribution < -0.4 is 5.56 Å². The molecular weight excluding hydrogens is 264 g/mol. The van der Waals surface area contributed by atoms with Crippen LogP contribution in [0.3, 0.4) is 0 Å². The molecule has 0 bridgehead atoms. The summed E-state index contributed by atoms with van der Waals surface area (Å²) in [6, 6.07) is 1.40. The van der Waals surface area contributed by atoms with E-state index in [2.05, 4.69) is 32.7 Å². The molecule has 1 heterocycles. The number of nitrogens with zero attached hydrogens (tertiary/aromatic N) is 2. The molecule has 0 spiro atoms. The standard InChI is InChI=1S/C13H20N2O3S/c1-9(2)13(3,4)8-15-6-5-10(16)14-12(15)19-7-11(17)18/h5-6,9H,7-8H2,1-4H3,(H,17,18). The van der Waals surface area contributed by atoms with Crippen LogP contribution in [0, 0.1) is 11.3 Å². The van der Waals surface area contributed by atoms with Gasteiger partial charge in [0.05, 0.1) is 5.75 Å². The predicted molar refractivity (Wildman–Crippen MR) is 75.5 cm³/mol. The Kier molecular flexibility index (Phi) is 5.17. The van der Waals surface area contributed by atoms with Crippen molar-refractivity contribution in [2.75, 3.05) is 5.75 Å². The third-order valence-corrected chi connectivity index (χ3v) is 4.29. The second kappa shape index (κ2) is 6.23. The average Bonchev–Trinajstić information content (AvgIpc) is 2.29. The highest BCUT2D eigenvalue weighted by atomic mass is 32.2. The van der Waals surface area contributed by atoms with Crippen molar-refractivity contribution in [3.8, 4) is 0 Å². The molecule has 6 heteroatoms. The van der Waals surface area contributed by atoms with E-state index in [1.165, 1.54) is 6.07 Å². The molecule has 1 N–H and O–H groups in total. The molecule has 1 aromatic rings. The van der Waals surface area contributed by atoms with Gasteiger partial charge >= 0.3 is 5.97 Å². The fourth-order valence-electron chi connectivity index (χ4n) is 1.40. The van der Waals surface area contributed by atoms with E-state index in [0.29, 0.717) is 17.6 Å². The Hall–Kier alpha value is -1.30. The molecule has 0 radical (unpaired) electrons. The molecule has 1 rings (SSSR count). The monoisotopic (exact) mass is 284 g/mol. The zero-order valence-electron chi connectivity index (χ0n) is 11.7. The Labute approximate surface area is 117 Å². The average molecular weight is 284 g/mol. The molecule has 0 fully saturated rings. The zero-order valence-corrected chi connectivity index (χ0v) is 12.5. The van der Waals surface area contributed by atoms with Crippen LogP contribution in [-0.2, 0) is 11.3 Å². The number of aliphatic carboxylic acids is 1. The molecule has 0 saturated carbocycles. The maximum Gasteiger partial charge on any atom is 0.313 e. The van der Waals surface area contributed by atoms with Gasteiger partial charge in [0.15, 0.2) is 5.16 Å². The van der Waals surface area contributed by atoms with E-state index in [-0.39, 0.29) is 16.7 Å². The molecule has 0 aliphatic carbocycles. The predicted octanol–water partition coefficient (Wildman–Crippen LogP) is 2.10. The molecule has 106 valence electrons. The van der Waals surface area contributed by atoms with Gasteiger partial charge in [0.2, 0.25) is 0 Å². The van der Waals surface area contributed by atoms with E-state index in [4.69, 9.17) is 5.11 Å². The van der Waals surface area contributed by atoms with Crippen molar-refractivity contribution in [1.82, 2.24) is 9.55 Å². The van der Waals surface area contributed by atoms with E-state index in [9.17, 15) is 9.59 Å². The van der Waals surface area contributed by atoms with E-state index in [1.807, 2.05) is 4.57 Å².